The number of ether oxygens (including phenoxy) is 4. The van der Waals surface area contributed by atoms with Crippen molar-refractivity contribution >= 4 is 44.4 Å². The maximum absolute atomic E-state index is 15.1. The maximum atomic E-state index is 15.1. The van der Waals surface area contributed by atoms with Crippen LogP contribution in [0, 0.1) is 91.1 Å². The smallest absolute Gasteiger partial charge is 0.457 e. The third-order valence-electron chi connectivity index (χ3n) is 15.5. The number of halogens is 8. The fourth-order valence-corrected chi connectivity index (χ4v) is 11.0. The van der Waals surface area contributed by atoms with Crippen LogP contribution in [0.15, 0.2) is 167 Å². The van der Waals surface area contributed by atoms with Gasteiger partial charge in [0, 0.05) is 67.7 Å². The molecule has 0 fully saturated rings. The lowest BCUT2D eigenvalue weighted by molar-refractivity contribution is 0.420. The minimum Gasteiger partial charge on any atom is -0.457 e. The number of hydrogen-bond donors (Lipinski definition) is 2. The molecule has 0 amide bonds. The predicted molar refractivity (Wildman–Crippen MR) is 365 cm³/mol. The van der Waals surface area contributed by atoms with Crippen LogP contribution in [0.4, 0.5) is 26.3 Å². The lowest BCUT2D eigenvalue weighted by Gasteiger charge is -2.26. The van der Waals surface area contributed by atoms with E-state index in [1.165, 1.54) is 12.1 Å². The summed E-state index contributed by atoms with van der Waals surface area (Å²) >= 11 is 7.14. The second-order valence-electron chi connectivity index (χ2n) is 23.5. The number of benzene rings is 4. The van der Waals surface area contributed by atoms with Crippen molar-refractivity contribution in [2.75, 3.05) is 0 Å². The molecule has 13 nitrogen and oxygen atoms in total. The van der Waals surface area contributed by atoms with Gasteiger partial charge in [0.15, 0.2) is 0 Å². The van der Waals surface area contributed by atoms with E-state index in [1.54, 1.807) is 24.3 Å². The van der Waals surface area contributed by atoms with Crippen molar-refractivity contribution in [1.82, 2.24) is 34.9 Å². The Bertz CT molecular complexity index is 4350. The molecule has 95 heavy (non-hydrogen) atoms. The van der Waals surface area contributed by atoms with Crippen molar-refractivity contribution in [2.45, 2.75) is 93.9 Å². The minimum absolute atomic E-state index is 0. The largest absolute Gasteiger partial charge is 0.493 e. The van der Waals surface area contributed by atoms with Crippen LogP contribution in [-0.2, 0) is 10.8 Å². The summed E-state index contributed by atoms with van der Waals surface area (Å²) in [6.45, 7) is 23.7. The summed E-state index contributed by atoms with van der Waals surface area (Å²) in [5.74, 6) is -1.15. The molecule has 0 spiro atoms. The molecule has 7 aromatic heterocycles. The normalized spacial score (nSPS) is 11.3. The van der Waals surface area contributed by atoms with Gasteiger partial charge in [-0.25, -0.2) is 9.97 Å². The van der Waals surface area contributed by atoms with Crippen molar-refractivity contribution in [3.05, 3.63) is 270 Å². The van der Waals surface area contributed by atoms with Crippen molar-refractivity contribution in [3.8, 4) is 68.5 Å². The van der Waals surface area contributed by atoms with Gasteiger partial charge in [-0.1, -0.05) is 78.9 Å². The van der Waals surface area contributed by atoms with E-state index < -0.39 is 59.1 Å². The van der Waals surface area contributed by atoms with Gasteiger partial charge in [0.25, 0.3) is 0 Å². The molecule has 0 bridgehead atoms. The van der Waals surface area contributed by atoms with Crippen LogP contribution in [0.1, 0.15) is 97.8 Å². The SMILES string of the molecule is Cc1cccc(C)c1Oc1cc(-c2ccc(F)nc2F)nc(C(C)(C)c2cc(Oc3c(C)cccc3C)cc(-c3ccc(F)nc3F)n2)c1.Cc1cccc(C)c1Oc1cc(Br)nc(C(C)(C)c2cc(Oc3c(C)cccc3C)cc(Br)n2)c1.OB(O)c1ccc(F)nc1F.[HH].[HH]. The van der Waals surface area contributed by atoms with Gasteiger partial charge in [0.05, 0.1) is 45.3 Å². The topological polar surface area (TPSA) is 168 Å². The predicted octanol–water partition coefficient (Wildman–Crippen LogP) is 19.0. The Morgan fingerprint density at radius 2 is 0.611 bits per heavy atom. The number of hydrogen-bond acceptors (Lipinski definition) is 13. The molecular weight excluding hydrogens is 1360 g/mol. The number of nitrogens with zero attached hydrogens (tertiary/aromatic N) is 7. The molecule has 0 aliphatic heterocycles. The molecule has 2 N–H and O–H groups in total. The van der Waals surface area contributed by atoms with Crippen LogP contribution in [0.25, 0.3) is 22.5 Å². The van der Waals surface area contributed by atoms with E-state index in [1.807, 2.05) is 166 Å². The van der Waals surface area contributed by atoms with Crippen LogP contribution >= 0.6 is 31.9 Å². The molecule has 0 aliphatic rings. The summed E-state index contributed by atoms with van der Waals surface area (Å²) < 4.78 is 109. The van der Waals surface area contributed by atoms with Crippen molar-refractivity contribution in [2.24, 2.45) is 0 Å². The van der Waals surface area contributed by atoms with E-state index >= 15 is 8.78 Å². The molecule has 11 rings (SSSR count). The highest BCUT2D eigenvalue weighted by atomic mass is 79.9. The van der Waals surface area contributed by atoms with E-state index in [-0.39, 0.29) is 25.4 Å². The summed E-state index contributed by atoms with van der Waals surface area (Å²) in [6, 6.07) is 44.4. The Hall–Kier alpha value is -9.35. The van der Waals surface area contributed by atoms with Crippen LogP contribution < -0.4 is 24.4 Å². The van der Waals surface area contributed by atoms with Crippen LogP contribution in [0.2, 0.25) is 0 Å². The first-order chi connectivity index (χ1) is 44.9. The number of rotatable bonds is 15. The molecule has 0 saturated carbocycles. The maximum Gasteiger partial charge on any atom is 0.493 e. The zero-order valence-corrected chi connectivity index (χ0v) is 56.9. The van der Waals surface area contributed by atoms with Crippen LogP contribution in [0.3, 0.4) is 0 Å². The van der Waals surface area contributed by atoms with E-state index in [9.17, 15) is 17.6 Å². The quantitative estimate of drug-likeness (QED) is 0.0566. The van der Waals surface area contributed by atoms with Gasteiger partial charge in [0.2, 0.25) is 35.7 Å². The third kappa shape index (κ3) is 16.8. The zero-order valence-electron chi connectivity index (χ0n) is 53.8. The van der Waals surface area contributed by atoms with Crippen molar-refractivity contribution in [1.29, 1.82) is 0 Å². The Morgan fingerprint density at radius 3 is 0.884 bits per heavy atom. The molecule has 0 atom stereocenters. The zero-order chi connectivity index (χ0) is 68.8. The highest BCUT2D eigenvalue weighted by molar-refractivity contribution is 9.10. The van der Waals surface area contributed by atoms with Gasteiger partial charge in [0.1, 0.15) is 55.2 Å². The number of para-hydroxylation sites is 4. The summed E-state index contributed by atoms with van der Waals surface area (Å²) in [7, 11) is -1.96. The van der Waals surface area contributed by atoms with E-state index in [2.05, 4.69) is 60.7 Å². The number of aromatic nitrogens is 7. The molecule has 0 unspecified atom stereocenters. The second-order valence-corrected chi connectivity index (χ2v) is 25.2. The first-order valence-corrected chi connectivity index (χ1v) is 31.2. The van der Waals surface area contributed by atoms with Gasteiger partial charge in [-0.3, -0.25) is 9.97 Å². The molecule has 490 valence electrons. The molecule has 0 aliphatic carbocycles. The minimum atomic E-state index is -1.96. The molecule has 0 saturated heterocycles. The summed E-state index contributed by atoms with van der Waals surface area (Å²) in [4.78, 5) is 28.6. The molecular formula is C73H68BBr2F6N7O6. The number of pyridine rings is 7. The molecule has 7 heterocycles. The Labute approximate surface area is 566 Å². The fourth-order valence-electron chi connectivity index (χ4n) is 10.1. The van der Waals surface area contributed by atoms with Gasteiger partial charge < -0.3 is 29.0 Å². The van der Waals surface area contributed by atoms with Crippen LogP contribution in [-0.4, -0.2) is 52.1 Å². The highest BCUT2D eigenvalue weighted by Crippen LogP contribution is 2.42. The van der Waals surface area contributed by atoms with E-state index in [4.69, 9.17) is 48.9 Å². The Kier molecular flexibility index (Phi) is 21.7. The second kappa shape index (κ2) is 29.5. The fraction of sp³-hybridized carbons (Fsp3) is 0.192. The first-order valence-electron chi connectivity index (χ1n) is 29.7. The summed E-state index contributed by atoms with van der Waals surface area (Å²) in [6.07, 6.45) is 0. The third-order valence-corrected chi connectivity index (χ3v) is 16.3. The lowest BCUT2D eigenvalue weighted by atomic mass is 9.81. The van der Waals surface area contributed by atoms with Crippen LogP contribution in [0.5, 0.6) is 46.0 Å². The Morgan fingerprint density at radius 1 is 0.347 bits per heavy atom. The van der Waals surface area contributed by atoms with Crippen molar-refractivity contribution in [3.63, 3.8) is 0 Å². The highest BCUT2D eigenvalue weighted by Gasteiger charge is 2.32. The van der Waals surface area contributed by atoms with E-state index in [0.717, 1.165) is 91.7 Å². The molecule has 0 radical (unpaired) electrons. The average Bonchev–Trinajstić information content (AvgIpc) is 0.774. The molecule has 22 heteroatoms. The summed E-state index contributed by atoms with van der Waals surface area (Å²) in [5.41, 5.74) is 8.52. The van der Waals surface area contributed by atoms with Gasteiger partial charge >= 0.3 is 7.12 Å². The van der Waals surface area contributed by atoms with Crippen molar-refractivity contribution < 1.29 is 58.2 Å². The van der Waals surface area contributed by atoms with Gasteiger partial charge in [-0.15, -0.1) is 0 Å². The average molecular weight is 1420 g/mol. The molecule has 4 aromatic carbocycles. The van der Waals surface area contributed by atoms with Gasteiger partial charge in [-0.05, 0) is 190 Å². The molecule has 11 aromatic rings. The standard InChI is InChI=1S/C39H32F4N4O2.C29H28Br2N2O2.C5H4BF2NO2.2H2/c1-21-9-7-10-22(2)35(21)48-25-17-29(27-13-15-33(40)46-37(27)42)44-31(19-25)39(5,6)32-20-26(49-36-23(3)11-8-12-24(36)4)18-30(45-32)28-14-16-34(41)47-38(28)43;1-17-9-7-10-18(2)27(17)34-21-13-23(32-25(30)15-21)29(5,6)24-14-22(16-26(31)33-24)35-28-19(3)11-8-12-20(28)4;7-4-2-1-3(6(10)11)5(8)9-4;;/h7-20H,1-6H3;7-16H,1-6H3;1-2,10-11H;2*1H. The summed E-state index contributed by atoms with van der Waals surface area (Å²) in [5, 5.41) is 16.9. The van der Waals surface area contributed by atoms with Gasteiger partial charge in [-0.2, -0.15) is 41.3 Å². The number of aryl methyl sites for hydroxylation is 8. The Balaban J connectivity index is 0.000000240. The monoisotopic (exact) mass is 1420 g/mol. The first kappa shape index (κ1) is 70.0. The van der Waals surface area contributed by atoms with E-state index in [0.29, 0.717) is 55.1 Å². The lowest BCUT2D eigenvalue weighted by Crippen LogP contribution is -2.33.